The van der Waals surface area contributed by atoms with E-state index in [0.29, 0.717) is 11.3 Å². The van der Waals surface area contributed by atoms with Crippen LogP contribution in [0.5, 0.6) is 0 Å². The van der Waals surface area contributed by atoms with E-state index in [-0.39, 0.29) is 5.91 Å². The minimum Gasteiger partial charge on any atom is -0.366 e. The smallest absolute Gasteiger partial charge is 0.248 e. The molecule has 0 heterocycles. The van der Waals surface area contributed by atoms with Gasteiger partial charge in [-0.2, -0.15) is 0 Å². The second kappa shape index (κ2) is 6.72. The Labute approximate surface area is 129 Å². The quantitative estimate of drug-likeness (QED) is 0.851. The minimum absolute atomic E-state index is 0.230. The molecule has 22 heavy (non-hydrogen) atoms. The molecule has 4 heteroatoms. The predicted octanol–water partition coefficient (Wildman–Crippen LogP) is 3.05. The van der Waals surface area contributed by atoms with E-state index in [0.717, 1.165) is 11.1 Å². The lowest BCUT2D eigenvalue weighted by Gasteiger charge is -2.04. The van der Waals surface area contributed by atoms with E-state index < -0.39 is 5.91 Å². The molecule has 0 saturated heterocycles. The molecule has 0 aliphatic heterocycles. The van der Waals surface area contributed by atoms with Gasteiger partial charge in [-0.1, -0.05) is 23.8 Å². The van der Waals surface area contributed by atoms with Crippen molar-refractivity contribution in [2.75, 3.05) is 5.32 Å². The van der Waals surface area contributed by atoms with E-state index in [2.05, 4.69) is 11.4 Å². The normalized spacial score (nSPS) is 10.6. The first kappa shape index (κ1) is 15.5. The first-order chi connectivity index (χ1) is 10.5. The van der Waals surface area contributed by atoms with Crippen molar-refractivity contribution in [3.8, 4) is 0 Å². The zero-order valence-electron chi connectivity index (χ0n) is 12.6. The van der Waals surface area contributed by atoms with Crippen LogP contribution in [0.15, 0.2) is 48.5 Å². The number of nitrogens with one attached hydrogen (secondary N) is 1. The van der Waals surface area contributed by atoms with E-state index in [4.69, 9.17) is 5.73 Å². The van der Waals surface area contributed by atoms with Crippen LogP contribution < -0.4 is 11.1 Å². The maximum Gasteiger partial charge on any atom is 0.248 e. The highest BCUT2D eigenvalue weighted by molar-refractivity contribution is 6.02. The fraction of sp³-hybridized carbons (Fsp3) is 0.111. The Hall–Kier alpha value is -2.88. The van der Waals surface area contributed by atoms with E-state index >= 15 is 0 Å². The molecule has 0 unspecified atom stereocenters. The van der Waals surface area contributed by atoms with Gasteiger partial charge in [-0.3, -0.25) is 9.59 Å². The number of hydrogen-bond acceptors (Lipinski definition) is 2. The lowest BCUT2D eigenvalue weighted by atomic mass is 10.1. The average molecular weight is 294 g/mol. The van der Waals surface area contributed by atoms with Crippen LogP contribution in [0.4, 0.5) is 5.69 Å². The Kier molecular flexibility index (Phi) is 4.73. The highest BCUT2D eigenvalue weighted by atomic mass is 16.1. The second-order valence-electron chi connectivity index (χ2n) is 5.12. The Morgan fingerprint density at radius 3 is 2.32 bits per heavy atom. The maximum absolute atomic E-state index is 11.9. The third-order valence-electron chi connectivity index (χ3n) is 3.28. The largest absolute Gasteiger partial charge is 0.366 e. The number of nitrogens with two attached hydrogens (primary N) is 1. The summed E-state index contributed by atoms with van der Waals surface area (Å²) in [6, 6.07) is 12.5. The molecule has 0 aromatic heterocycles. The van der Waals surface area contributed by atoms with Gasteiger partial charge in [0, 0.05) is 17.3 Å². The van der Waals surface area contributed by atoms with Crippen molar-refractivity contribution in [2.24, 2.45) is 5.73 Å². The number of carbonyl (C=O) groups excluding carboxylic acids is 2. The minimum atomic E-state index is -0.493. The SMILES string of the molecule is Cc1ccc(/C=C/C(=O)Nc2ccc(C(N)=O)cc2)c(C)c1. The summed E-state index contributed by atoms with van der Waals surface area (Å²) in [6.07, 6.45) is 3.27. The van der Waals surface area contributed by atoms with Crippen LogP contribution in [0.25, 0.3) is 6.08 Å². The van der Waals surface area contributed by atoms with Crippen molar-refractivity contribution < 1.29 is 9.59 Å². The van der Waals surface area contributed by atoms with Crippen LogP contribution in [0.2, 0.25) is 0 Å². The third kappa shape index (κ3) is 4.06. The topological polar surface area (TPSA) is 72.2 Å². The number of primary amides is 1. The fourth-order valence-electron chi connectivity index (χ4n) is 2.08. The molecule has 2 aromatic rings. The lowest BCUT2D eigenvalue weighted by Crippen LogP contribution is -2.11. The van der Waals surface area contributed by atoms with Gasteiger partial charge >= 0.3 is 0 Å². The average Bonchev–Trinajstić information content (AvgIpc) is 2.47. The van der Waals surface area contributed by atoms with Crippen LogP contribution in [0.1, 0.15) is 27.0 Å². The Morgan fingerprint density at radius 2 is 1.73 bits per heavy atom. The number of aryl methyl sites for hydroxylation is 2. The summed E-state index contributed by atoms with van der Waals surface area (Å²) >= 11 is 0. The van der Waals surface area contributed by atoms with Gasteiger partial charge < -0.3 is 11.1 Å². The molecule has 0 aliphatic carbocycles. The summed E-state index contributed by atoms with van der Waals surface area (Å²) in [4.78, 5) is 22.9. The molecule has 0 atom stereocenters. The van der Waals surface area contributed by atoms with Crippen LogP contribution in [0.3, 0.4) is 0 Å². The summed E-state index contributed by atoms with van der Waals surface area (Å²) in [7, 11) is 0. The van der Waals surface area contributed by atoms with Crippen molar-refractivity contribution >= 4 is 23.6 Å². The van der Waals surface area contributed by atoms with Crippen molar-refractivity contribution in [3.63, 3.8) is 0 Å². The van der Waals surface area contributed by atoms with Crippen LogP contribution >= 0.6 is 0 Å². The van der Waals surface area contributed by atoms with Gasteiger partial charge in [-0.25, -0.2) is 0 Å². The standard InChI is InChI=1S/C18H18N2O2/c1-12-3-4-14(13(2)11-12)7-10-17(21)20-16-8-5-15(6-9-16)18(19)22/h3-11H,1-2H3,(H2,19,22)(H,20,21)/b10-7+. The van der Waals surface area contributed by atoms with Gasteiger partial charge in [0.2, 0.25) is 11.8 Å². The molecule has 0 spiro atoms. The van der Waals surface area contributed by atoms with Gasteiger partial charge in [0.25, 0.3) is 0 Å². The zero-order chi connectivity index (χ0) is 16.1. The molecule has 0 radical (unpaired) electrons. The lowest BCUT2D eigenvalue weighted by molar-refractivity contribution is -0.111. The molecule has 112 valence electrons. The molecule has 2 rings (SSSR count). The summed E-state index contributed by atoms with van der Waals surface area (Å²) in [6.45, 7) is 4.04. The van der Waals surface area contributed by atoms with E-state index in [1.54, 1.807) is 30.3 Å². The summed E-state index contributed by atoms with van der Waals surface area (Å²) in [5.74, 6) is -0.723. The molecule has 4 nitrogen and oxygen atoms in total. The molecular weight excluding hydrogens is 276 g/mol. The van der Waals surface area contributed by atoms with Crippen molar-refractivity contribution in [1.29, 1.82) is 0 Å². The Morgan fingerprint density at radius 1 is 1.05 bits per heavy atom. The number of hydrogen-bond donors (Lipinski definition) is 2. The van der Waals surface area contributed by atoms with Crippen LogP contribution in [-0.2, 0) is 4.79 Å². The van der Waals surface area contributed by atoms with E-state index in [1.165, 1.54) is 11.6 Å². The molecule has 3 N–H and O–H groups in total. The number of carbonyl (C=O) groups is 2. The molecular formula is C18H18N2O2. The number of anilines is 1. The fourth-order valence-corrected chi connectivity index (χ4v) is 2.08. The third-order valence-corrected chi connectivity index (χ3v) is 3.28. The highest BCUT2D eigenvalue weighted by Gasteiger charge is 2.02. The molecule has 0 aliphatic rings. The van der Waals surface area contributed by atoms with Crippen molar-refractivity contribution in [3.05, 3.63) is 70.8 Å². The monoisotopic (exact) mass is 294 g/mol. The Balaban J connectivity index is 2.03. The number of rotatable bonds is 4. The van der Waals surface area contributed by atoms with E-state index in [1.807, 2.05) is 26.0 Å². The van der Waals surface area contributed by atoms with Gasteiger partial charge in [-0.15, -0.1) is 0 Å². The molecule has 0 bridgehead atoms. The highest BCUT2D eigenvalue weighted by Crippen LogP contribution is 2.13. The first-order valence-corrected chi connectivity index (χ1v) is 6.92. The predicted molar refractivity (Wildman–Crippen MR) is 88.5 cm³/mol. The second-order valence-corrected chi connectivity index (χ2v) is 5.12. The number of amides is 2. The van der Waals surface area contributed by atoms with Gasteiger partial charge in [0.1, 0.15) is 0 Å². The number of benzene rings is 2. The van der Waals surface area contributed by atoms with Crippen LogP contribution in [-0.4, -0.2) is 11.8 Å². The maximum atomic E-state index is 11.9. The zero-order valence-corrected chi connectivity index (χ0v) is 12.6. The van der Waals surface area contributed by atoms with E-state index in [9.17, 15) is 9.59 Å². The van der Waals surface area contributed by atoms with Crippen LogP contribution in [0, 0.1) is 13.8 Å². The van der Waals surface area contributed by atoms with Gasteiger partial charge in [0.15, 0.2) is 0 Å². The molecule has 2 aromatic carbocycles. The molecule has 0 saturated carbocycles. The van der Waals surface area contributed by atoms with Gasteiger partial charge in [0.05, 0.1) is 0 Å². The van der Waals surface area contributed by atoms with Crippen molar-refractivity contribution in [1.82, 2.24) is 0 Å². The molecule has 2 amide bonds. The summed E-state index contributed by atoms with van der Waals surface area (Å²) in [5.41, 5.74) is 9.50. The summed E-state index contributed by atoms with van der Waals surface area (Å²) < 4.78 is 0. The van der Waals surface area contributed by atoms with Gasteiger partial charge in [-0.05, 0) is 55.3 Å². The molecule has 0 fully saturated rings. The first-order valence-electron chi connectivity index (χ1n) is 6.92. The van der Waals surface area contributed by atoms with Crippen molar-refractivity contribution in [2.45, 2.75) is 13.8 Å². The summed E-state index contributed by atoms with van der Waals surface area (Å²) in [5, 5.41) is 2.73. The Bertz CT molecular complexity index is 731.